The standard InChI is InChI=1S/C15H18N2/c1-3-13-6-4-5-7-15(13)17-12(2)14-8-10-16-11-9-14/h4-12,17H,3H2,1-2H3. The molecule has 1 N–H and O–H groups in total. The molecule has 1 aromatic heterocycles. The molecule has 88 valence electrons. The molecule has 0 bridgehead atoms. The van der Waals surface area contributed by atoms with Gasteiger partial charge in [0, 0.05) is 24.1 Å². The number of aromatic nitrogens is 1. The Balaban J connectivity index is 2.16. The Bertz CT molecular complexity index is 465. The Morgan fingerprint density at radius 3 is 2.53 bits per heavy atom. The van der Waals surface area contributed by atoms with Crippen LogP contribution in [0.25, 0.3) is 0 Å². The van der Waals surface area contributed by atoms with Crippen molar-refractivity contribution in [2.24, 2.45) is 0 Å². The molecule has 0 amide bonds. The van der Waals surface area contributed by atoms with E-state index in [0.717, 1.165) is 6.42 Å². The lowest BCUT2D eigenvalue weighted by Crippen LogP contribution is -2.08. The van der Waals surface area contributed by atoms with Crippen LogP contribution in [0.3, 0.4) is 0 Å². The van der Waals surface area contributed by atoms with Crippen LogP contribution in [0.1, 0.15) is 31.0 Å². The summed E-state index contributed by atoms with van der Waals surface area (Å²) in [4.78, 5) is 4.04. The molecule has 0 saturated heterocycles. The predicted molar refractivity (Wildman–Crippen MR) is 72.1 cm³/mol. The van der Waals surface area contributed by atoms with Crippen molar-refractivity contribution in [1.82, 2.24) is 4.98 Å². The van der Waals surface area contributed by atoms with Crippen molar-refractivity contribution in [2.75, 3.05) is 5.32 Å². The summed E-state index contributed by atoms with van der Waals surface area (Å²) in [5.74, 6) is 0. The van der Waals surface area contributed by atoms with Gasteiger partial charge >= 0.3 is 0 Å². The number of aryl methyl sites for hydroxylation is 1. The van der Waals surface area contributed by atoms with Crippen molar-refractivity contribution in [1.29, 1.82) is 0 Å². The maximum Gasteiger partial charge on any atom is 0.0486 e. The molecule has 2 nitrogen and oxygen atoms in total. The van der Waals surface area contributed by atoms with Crippen LogP contribution < -0.4 is 5.32 Å². The lowest BCUT2D eigenvalue weighted by molar-refractivity contribution is 0.875. The van der Waals surface area contributed by atoms with Gasteiger partial charge < -0.3 is 5.32 Å². The largest absolute Gasteiger partial charge is 0.378 e. The Kier molecular flexibility index (Phi) is 3.76. The number of para-hydroxylation sites is 1. The first-order valence-electron chi connectivity index (χ1n) is 6.05. The molecule has 1 unspecified atom stereocenters. The molecule has 17 heavy (non-hydrogen) atoms. The summed E-state index contributed by atoms with van der Waals surface area (Å²) in [6, 6.07) is 12.9. The van der Waals surface area contributed by atoms with Gasteiger partial charge in [-0.2, -0.15) is 0 Å². The number of hydrogen-bond acceptors (Lipinski definition) is 2. The van der Waals surface area contributed by atoms with E-state index in [4.69, 9.17) is 0 Å². The molecule has 2 heteroatoms. The third-order valence-electron chi connectivity index (χ3n) is 2.98. The summed E-state index contributed by atoms with van der Waals surface area (Å²) in [6.45, 7) is 4.35. The number of nitrogens with one attached hydrogen (secondary N) is 1. The van der Waals surface area contributed by atoms with Gasteiger partial charge in [0.15, 0.2) is 0 Å². The molecular weight excluding hydrogens is 208 g/mol. The SMILES string of the molecule is CCc1ccccc1NC(C)c1ccncc1. The van der Waals surface area contributed by atoms with Gasteiger partial charge in [-0.05, 0) is 42.7 Å². The summed E-state index contributed by atoms with van der Waals surface area (Å²) < 4.78 is 0. The quantitative estimate of drug-likeness (QED) is 0.857. The van der Waals surface area contributed by atoms with Gasteiger partial charge in [-0.25, -0.2) is 0 Å². The fourth-order valence-corrected chi connectivity index (χ4v) is 1.94. The second-order valence-electron chi connectivity index (χ2n) is 4.16. The Hall–Kier alpha value is -1.83. The third-order valence-corrected chi connectivity index (χ3v) is 2.98. The first-order chi connectivity index (χ1) is 8.31. The van der Waals surface area contributed by atoms with Gasteiger partial charge in [0.1, 0.15) is 0 Å². The zero-order valence-corrected chi connectivity index (χ0v) is 10.4. The van der Waals surface area contributed by atoms with Crippen molar-refractivity contribution in [3.05, 3.63) is 59.9 Å². The van der Waals surface area contributed by atoms with E-state index < -0.39 is 0 Å². The molecule has 0 aliphatic heterocycles. The highest BCUT2D eigenvalue weighted by Crippen LogP contribution is 2.22. The van der Waals surface area contributed by atoms with Gasteiger partial charge in [-0.1, -0.05) is 25.1 Å². The minimum absolute atomic E-state index is 0.297. The zero-order valence-electron chi connectivity index (χ0n) is 10.4. The molecule has 0 aliphatic carbocycles. The van der Waals surface area contributed by atoms with Gasteiger partial charge in [0.25, 0.3) is 0 Å². The van der Waals surface area contributed by atoms with E-state index in [0.29, 0.717) is 6.04 Å². The lowest BCUT2D eigenvalue weighted by Gasteiger charge is -2.17. The predicted octanol–water partition coefficient (Wildman–Crippen LogP) is 3.82. The van der Waals surface area contributed by atoms with Crippen LogP contribution >= 0.6 is 0 Å². The highest BCUT2D eigenvalue weighted by atomic mass is 14.9. The summed E-state index contributed by atoms with van der Waals surface area (Å²) in [6.07, 6.45) is 4.71. The molecule has 1 atom stereocenters. The van der Waals surface area contributed by atoms with Crippen LogP contribution in [0.4, 0.5) is 5.69 Å². The van der Waals surface area contributed by atoms with Crippen LogP contribution in [0.2, 0.25) is 0 Å². The number of nitrogens with zero attached hydrogens (tertiary/aromatic N) is 1. The molecule has 2 aromatic rings. The van der Waals surface area contributed by atoms with E-state index in [1.807, 2.05) is 24.5 Å². The number of rotatable bonds is 4. The van der Waals surface area contributed by atoms with E-state index in [9.17, 15) is 0 Å². The van der Waals surface area contributed by atoms with Crippen molar-refractivity contribution in [2.45, 2.75) is 26.3 Å². The summed E-state index contributed by atoms with van der Waals surface area (Å²) in [7, 11) is 0. The normalized spacial score (nSPS) is 12.1. The summed E-state index contributed by atoms with van der Waals surface area (Å²) >= 11 is 0. The molecular formula is C15H18N2. The highest BCUT2D eigenvalue weighted by Gasteiger charge is 2.06. The Morgan fingerprint density at radius 2 is 1.82 bits per heavy atom. The maximum atomic E-state index is 4.04. The second-order valence-corrected chi connectivity index (χ2v) is 4.16. The minimum Gasteiger partial charge on any atom is -0.378 e. The minimum atomic E-state index is 0.297. The van der Waals surface area contributed by atoms with E-state index in [1.54, 1.807) is 0 Å². The number of pyridine rings is 1. The fraction of sp³-hybridized carbons (Fsp3) is 0.267. The second kappa shape index (κ2) is 5.48. The highest BCUT2D eigenvalue weighted by molar-refractivity contribution is 5.52. The smallest absolute Gasteiger partial charge is 0.0486 e. The molecule has 0 radical (unpaired) electrons. The first kappa shape index (κ1) is 11.6. The number of hydrogen-bond donors (Lipinski definition) is 1. The van der Waals surface area contributed by atoms with Crippen LogP contribution in [0.5, 0.6) is 0 Å². The molecule has 0 spiro atoms. The van der Waals surface area contributed by atoms with Crippen molar-refractivity contribution >= 4 is 5.69 Å². The number of anilines is 1. The van der Waals surface area contributed by atoms with Crippen LogP contribution in [-0.4, -0.2) is 4.98 Å². The fourth-order valence-electron chi connectivity index (χ4n) is 1.94. The summed E-state index contributed by atoms with van der Waals surface area (Å²) in [5, 5.41) is 3.55. The van der Waals surface area contributed by atoms with E-state index in [1.165, 1.54) is 16.8 Å². The van der Waals surface area contributed by atoms with Crippen molar-refractivity contribution < 1.29 is 0 Å². The number of benzene rings is 1. The average Bonchev–Trinajstić information content (AvgIpc) is 2.40. The van der Waals surface area contributed by atoms with Gasteiger partial charge in [0.05, 0.1) is 0 Å². The van der Waals surface area contributed by atoms with Gasteiger partial charge in [-0.15, -0.1) is 0 Å². The van der Waals surface area contributed by atoms with Crippen LogP contribution in [0.15, 0.2) is 48.8 Å². The van der Waals surface area contributed by atoms with E-state index in [-0.39, 0.29) is 0 Å². The third kappa shape index (κ3) is 2.84. The zero-order chi connectivity index (χ0) is 12.1. The van der Waals surface area contributed by atoms with Gasteiger partial charge in [0.2, 0.25) is 0 Å². The van der Waals surface area contributed by atoms with Crippen molar-refractivity contribution in [3.63, 3.8) is 0 Å². The van der Waals surface area contributed by atoms with Crippen LogP contribution in [-0.2, 0) is 6.42 Å². The lowest BCUT2D eigenvalue weighted by atomic mass is 10.1. The molecule has 1 aromatic carbocycles. The molecule has 0 saturated carbocycles. The van der Waals surface area contributed by atoms with Gasteiger partial charge in [-0.3, -0.25) is 4.98 Å². The Labute approximate surface area is 103 Å². The molecule has 2 rings (SSSR count). The van der Waals surface area contributed by atoms with Crippen molar-refractivity contribution in [3.8, 4) is 0 Å². The average molecular weight is 226 g/mol. The molecule has 1 heterocycles. The first-order valence-corrected chi connectivity index (χ1v) is 6.05. The van der Waals surface area contributed by atoms with E-state index in [2.05, 4.69) is 48.4 Å². The van der Waals surface area contributed by atoms with E-state index >= 15 is 0 Å². The molecule has 0 aliphatic rings. The Morgan fingerprint density at radius 1 is 1.12 bits per heavy atom. The maximum absolute atomic E-state index is 4.04. The monoisotopic (exact) mass is 226 g/mol. The molecule has 0 fully saturated rings. The summed E-state index contributed by atoms with van der Waals surface area (Å²) in [5.41, 5.74) is 3.83. The van der Waals surface area contributed by atoms with Crippen LogP contribution in [0, 0.1) is 0 Å². The topological polar surface area (TPSA) is 24.9 Å².